The van der Waals surface area contributed by atoms with Crippen molar-refractivity contribution in [1.29, 1.82) is 0 Å². The average Bonchev–Trinajstić information content (AvgIpc) is 3.59. The number of amides is 2. The van der Waals surface area contributed by atoms with Crippen molar-refractivity contribution in [2.24, 2.45) is 5.92 Å². The molecule has 0 unspecified atom stereocenters. The molecule has 37 heavy (non-hydrogen) atoms. The largest absolute Gasteiger partial charge is 0.374 e. The molecule has 8 heteroatoms. The van der Waals surface area contributed by atoms with E-state index < -0.39 is 18.2 Å². The van der Waals surface area contributed by atoms with Gasteiger partial charge in [0, 0.05) is 18.2 Å². The minimum atomic E-state index is -0.714. The first-order valence-electron chi connectivity index (χ1n) is 14.1. The maximum atomic E-state index is 13.7. The minimum Gasteiger partial charge on any atom is -0.374 e. The molecule has 4 aliphatic rings. The molecule has 1 saturated carbocycles. The number of benzene rings is 1. The Balaban J connectivity index is 1.24. The Morgan fingerprint density at radius 2 is 1.81 bits per heavy atom. The molecule has 1 aromatic carbocycles. The molecule has 1 aliphatic carbocycles. The van der Waals surface area contributed by atoms with Crippen LogP contribution in [-0.2, 0) is 19.1 Å². The second-order valence-corrected chi connectivity index (χ2v) is 11.5. The van der Waals surface area contributed by atoms with Gasteiger partial charge in [-0.2, -0.15) is 0 Å². The van der Waals surface area contributed by atoms with Crippen LogP contribution >= 0.6 is 0 Å². The van der Waals surface area contributed by atoms with Crippen molar-refractivity contribution in [3.8, 4) is 0 Å². The summed E-state index contributed by atoms with van der Waals surface area (Å²) in [7, 11) is 0. The van der Waals surface area contributed by atoms with E-state index in [2.05, 4.69) is 22.3 Å². The fourth-order valence-electron chi connectivity index (χ4n) is 6.28. The summed E-state index contributed by atoms with van der Waals surface area (Å²) in [6, 6.07) is 7.36. The topological polar surface area (TPSA) is 88.2 Å². The molecule has 0 radical (unpaired) electrons. The van der Waals surface area contributed by atoms with Gasteiger partial charge < -0.3 is 24.6 Å². The molecule has 5 rings (SSSR count). The van der Waals surface area contributed by atoms with E-state index in [-0.39, 0.29) is 36.2 Å². The molecule has 0 bridgehead atoms. The highest BCUT2D eigenvalue weighted by Gasteiger charge is 2.53. The van der Waals surface area contributed by atoms with Crippen LogP contribution in [0.3, 0.4) is 0 Å². The summed E-state index contributed by atoms with van der Waals surface area (Å²) < 4.78 is 11.4. The number of carbonyl (C=O) groups excluding carboxylic acids is 3. The number of fused-ring (bicyclic) bond motifs is 1. The van der Waals surface area contributed by atoms with Crippen LogP contribution in [-0.4, -0.2) is 90.6 Å². The lowest BCUT2D eigenvalue weighted by Gasteiger charge is -2.32. The van der Waals surface area contributed by atoms with Gasteiger partial charge in [-0.3, -0.25) is 14.4 Å². The van der Waals surface area contributed by atoms with Crippen LogP contribution in [0.2, 0.25) is 0 Å². The van der Waals surface area contributed by atoms with E-state index in [1.54, 1.807) is 4.90 Å². The Morgan fingerprint density at radius 1 is 1.11 bits per heavy atom. The lowest BCUT2D eigenvalue weighted by Crippen LogP contribution is -2.52. The van der Waals surface area contributed by atoms with Gasteiger partial charge in [-0.25, -0.2) is 0 Å². The van der Waals surface area contributed by atoms with Gasteiger partial charge in [0.15, 0.2) is 5.78 Å². The Morgan fingerprint density at radius 3 is 2.43 bits per heavy atom. The zero-order chi connectivity index (χ0) is 26.1. The third-order valence-corrected chi connectivity index (χ3v) is 8.35. The van der Waals surface area contributed by atoms with E-state index in [1.807, 2.05) is 32.9 Å². The molecule has 3 heterocycles. The zero-order valence-electron chi connectivity index (χ0n) is 22.4. The number of hydrogen-bond donors (Lipinski definition) is 1. The predicted molar refractivity (Wildman–Crippen MR) is 139 cm³/mol. The molecule has 3 saturated heterocycles. The van der Waals surface area contributed by atoms with E-state index in [4.69, 9.17) is 9.47 Å². The van der Waals surface area contributed by atoms with Crippen molar-refractivity contribution in [1.82, 2.24) is 15.1 Å². The molecule has 0 spiro atoms. The lowest BCUT2D eigenvalue weighted by atomic mass is 9.89. The number of hydrogen-bond acceptors (Lipinski definition) is 6. The molecule has 0 aromatic heterocycles. The highest BCUT2D eigenvalue weighted by Crippen LogP contribution is 2.35. The zero-order valence-corrected chi connectivity index (χ0v) is 22.4. The molecule has 1 N–H and O–H groups in total. The molecule has 4 atom stereocenters. The van der Waals surface area contributed by atoms with Crippen LogP contribution in [0.5, 0.6) is 0 Å². The van der Waals surface area contributed by atoms with Crippen molar-refractivity contribution < 1.29 is 23.9 Å². The Kier molecular flexibility index (Phi) is 7.98. The summed E-state index contributed by atoms with van der Waals surface area (Å²) in [6.07, 6.45) is 4.76. The maximum Gasteiger partial charge on any atom is 0.251 e. The number of Topliss-reactive ketones (excluding diaryl/α,β-unsaturated/α-hetero) is 1. The van der Waals surface area contributed by atoms with Crippen LogP contribution in [0.1, 0.15) is 74.7 Å². The fourth-order valence-corrected chi connectivity index (χ4v) is 6.28. The number of rotatable bonds is 9. The van der Waals surface area contributed by atoms with E-state index >= 15 is 0 Å². The van der Waals surface area contributed by atoms with E-state index in [1.165, 1.54) is 18.4 Å². The summed E-state index contributed by atoms with van der Waals surface area (Å²) >= 11 is 0. The quantitative estimate of drug-likeness (QED) is 0.549. The molecule has 3 aliphatic heterocycles. The summed E-state index contributed by atoms with van der Waals surface area (Å²) in [5.74, 6) is 0.121. The number of nitrogens with zero attached hydrogens (tertiary/aromatic N) is 2. The SMILES string of the molecule is CCO[C@H]1CN(C(=O)[C@H](CC(C)C)NC(=O)c2ccc(C3CCN(C4CC4)CC3)cc2)[C@@H]2C(=O)CO[C@H]12. The van der Waals surface area contributed by atoms with Crippen molar-refractivity contribution in [2.75, 3.05) is 32.8 Å². The Labute approximate surface area is 220 Å². The van der Waals surface area contributed by atoms with Gasteiger partial charge in [0.1, 0.15) is 30.9 Å². The third-order valence-electron chi connectivity index (χ3n) is 8.35. The van der Waals surface area contributed by atoms with E-state index in [0.29, 0.717) is 31.1 Å². The smallest absolute Gasteiger partial charge is 0.251 e. The molecule has 202 valence electrons. The van der Waals surface area contributed by atoms with Crippen molar-refractivity contribution >= 4 is 17.6 Å². The number of piperidine rings is 1. The Bertz CT molecular complexity index is 984. The first-order valence-corrected chi connectivity index (χ1v) is 14.1. The fraction of sp³-hybridized carbons (Fsp3) is 0.690. The Hall–Kier alpha value is -2.29. The molecular weight excluding hydrogens is 470 g/mol. The van der Waals surface area contributed by atoms with Crippen molar-refractivity contribution in [2.45, 2.75) is 89.1 Å². The molecule has 4 fully saturated rings. The number of likely N-dealkylation sites (tertiary alicyclic amines) is 2. The van der Waals surface area contributed by atoms with Gasteiger partial charge in [-0.05, 0) is 81.6 Å². The second kappa shape index (κ2) is 11.2. The monoisotopic (exact) mass is 511 g/mol. The summed E-state index contributed by atoms with van der Waals surface area (Å²) in [6.45, 7) is 9.03. The summed E-state index contributed by atoms with van der Waals surface area (Å²) in [4.78, 5) is 43.6. The van der Waals surface area contributed by atoms with Crippen LogP contribution < -0.4 is 5.32 Å². The maximum absolute atomic E-state index is 13.7. The van der Waals surface area contributed by atoms with Crippen LogP contribution in [0.4, 0.5) is 0 Å². The molecular formula is C29H41N3O5. The van der Waals surface area contributed by atoms with Gasteiger partial charge in [0.2, 0.25) is 5.91 Å². The van der Waals surface area contributed by atoms with Gasteiger partial charge in [-0.1, -0.05) is 26.0 Å². The standard InChI is InChI=1S/C29H41N3O5/c1-4-36-25-16-32(26-24(33)17-37-27(25)26)29(35)23(15-18(2)3)30-28(34)21-7-5-19(6-8-21)20-11-13-31(14-12-20)22-9-10-22/h5-8,18,20,22-23,25-27H,4,9-17H2,1-3H3,(H,30,34)/t23-,25-,26+,27+/m0/s1. The van der Waals surface area contributed by atoms with Gasteiger partial charge in [0.25, 0.3) is 5.91 Å². The van der Waals surface area contributed by atoms with Crippen LogP contribution in [0.15, 0.2) is 24.3 Å². The third kappa shape index (κ3) is 5.76. The highest BCUT2D eigenvalue weighted by atomic mass is 16.6. The van der Waals surface area contributed by atoms with E-state index in [0.717, 1.165) is 32.0 Å². The van der Waals surface area contributed by atoms with Crippen LogP contribution in [0, 0.1) is 5.92 Å². The van der Waals surface area contributed by atoms with Gasteiger partial charge in [0.05, 0.1) is 6.54 Å². The lowest BCUT2D eigenvalue weighted by molar-refractivity contribution is -0.138. The highest BCUT2D eigenvalue weighted by molar-refractivity contribution is 5.99. The average molecular weight is 512 g/mol. The van der Waals surface area contributed by atoms with Gasteiger partial charge in [-0.15, -0.1) is 0 Å². The summed E-state index contributed by atoms with van der Waals surface area (Å²) in [5, 5.41) is 2.98. The minimum absolute atomic E-state index is 0.00412. The van der Waals surface area contributed by atoms with E-state index in [9.17, 15) is 14.4 Å². The second-order valence-electron chi connectivity index (χ2n) is 11.5. The van der Waals surface area contributed by atoms with Crippen molar-refractivity contribution in [3.05, 3.63) is 35.4 Å². The number of nitrogens with one attached hydrogen (secondary N) is 1. The van der Waals surface area contributed by atoms with Crippen molar-refractivity contribution in [3.63, 3.8) is 0 Å². The normalized spacial score (nSPS) is 27.5. The summed E-state index contributed by atoms with van der Waals surface area (Å²) in [5.41, 5.74) is 1.83. The number of carbonyl (C=O) groups is 3. The molecule has 2 amide bonds. The molecule has 1 aromatic rings. The number of ketones is 1. The first kappa shape index (κ1) is 26.3. The van der Waals surface area contributed by atoms with Crippen LogP contribution in [0.25, 0.3) is 0 Å². The van der Waals surface area contributed by atoms with Gasteiger partial charge >= 0.3 is 0 Å². The number of ether oxygens (including phenoxy) is 2. The first-order chi connectivity index (χ1) is 17.9. The molecule has 8 nitrogen and oxygen atoms in total. The predicted octanol–water partition coefficient (Wildman–Crippen LogP) is 2.76.